The van der Waals surface area contributed by atoms with Crippen molar-refractivity contribution in [3.63, 3.8) is 0 Å². The Morgan fingerprint density at radius 3 is 2.56 bits per heavy atom. The van der Waals surface area contributed by atoms with Gasteiger partial charge in [0.05, 0.1) is 26.2 Å². The van der Waals surface area contributed by atoms with Gasteiger partial charge >= 0.3 is 0 Å². The van der Waals surface area contributed by atoms with Gasteiger partial charge in [0.1, 0.15) is 18.1 Å². The molecule has 1 amide bonds. The predicted octanol–water partition coefficient (Wildman–Crippen LogP) is 1.44. The summed E-state index contributed by atoms with van der Waals surface area (Å²) in [4.78, 5) is 15.6. The first-order valence-corrected chi connectivity index (χ1v) is 8.65. The van der Waals surface area contributed by atoms with Crippen molar-refractivity contribution in [3.8, 4) is 5.75 Å². The van der Waals surface area contributed by atoms with Gasteiger partial charge in [0, 0.05) is 5.56 Å². The minimum atomic E-state index is -0.206. The quantitative estimate of drug-likeness (QED) is 0.891. The number of nitrogens with zero attached hydrogens (tertiary/aromatic N) is 1. The van der Waals surface area contributed by atoms with Crippen molar-refractivity contribution in [1.29, 1.82) is 0 Å². The highest BCUT2D eigenvalue weighted by Gasteiger charge is 2.24. The number of hydrogen-bond acceptors (Lipinski definition) is 2. The van der Waals surface area contributed by atoms with E-state index in [1.165, 1.54) is 17.0 Å². The van der Waals surface area contributed by atoms with Crippen LogP contribution in [0.25, 0.3) is 0 Å². The lowest BCUT2D eigenvalue weighted by atomic mass is 10.2. The first kappa shape index (κ1) is 17.4. The number of aryl methyl sites for hydroxylation is 1. The van der Waals surface area contributed by atoms with Crippen LogP contribution in [0.3, 0.4) is 0 Å². The summed E-state index contributed by atoms with van der Waals surface area (Å²) in [6, 6.07) is 14.4. The minimum Gasteiger partial charge on any atom is -0.484 e. The van der Waals surface area contributed by atoms with Crippen molar-refractivity contribution >= 4 is 5.91 Å². The summed E-state index contributed by atoms with van der Waals surface area (Å²) in [6.07, 6.45) is 0. The Morgan fingerprint density at radius 2 is 1.88 bits per heavy atom. The molecule has 0 radical (unpaired) electrons. The molecule has 0 aliphatic carbocycles. The predicted molar refractivity (Wildman–Crippen MR) is 94.1 cm³/mol. The van der Waals surface area contributed by atoms with Gasteiger partial charge in [-0.1, -0.05) is 24.3 Å². The number of amides is 1. The Balaban J connectivity index is 1.43. The molecule has 0 bridgehead atoms. The van der Waals surface area contributed by atoms with E-state index in [-0.39, 0.29) is 18.3 Å². The zero-order chi connectivity index (χ0) is 17.6. The molecule has 1 heterocycles. The van der Waals surface area contributed by atoms with Gasteiger partial charge in [0.25, 0.3) is 5.91 Å². The SMILES string of the molecule is Cc1cccc(OCC(=O)N2CC[NH+](Cc3ccc(F)cc3)CC2)c1. The van der Waals surface area contributed by atoms with Crippen LogP contribution >= 0.6 is 0 Å². The molecule has 0 spiro atoms. The fourth-order valence-corrected chi connectivity index (χ4v) is 3.08. The monoisotopic (exact) mass is 343 g/mol. The van der Waals surface area contributed by atoms with Crippen LogP contribution in [0.1, 0.15) is 11.1 Å². The second-order valence-corrected chi connectivity index (χ2v) is 6.54. The minimum absolute atomic E-state index is 0.0299. The Labute approximate surface area is 147 Å². The molecule has 25 heavy (non-hydrogen) atoms. The normalized spacial score (nSPS) is 15.2. The number of benzene rings is 2. The molecule has 1 N–H and O–H groups in total. The molecule has 0 atom stereocenters. The number of carbonyl (C=O) groups excluding carboxylic acids is 1. The average Bonchev–Trinajstić information content (AvgIpc) is 2.62. The molecule has 0 aromatic heterocycles. The Hall–Kier alpha value is -2.40. The summed E-state index contributed by atoms with van der Waals surface area (Å²) in [6.45, 7) is 6.19. The maximum Gasteiger partial charge on any atom is 0.260 e. The molecule has 5 heteroatoms. The second-order valence-electron chi connectivity index (χ2n) is 6.54. The fourth-order valence-electron chi connectivity index (χ4n) is 3.08. The van der Waals surface area contributed by atoms with E-state index in [4.69, 9.17) is 4.74 Å². The van der Waals surface area contributed by atoms with Crippen molar-refractivity contribution in [2.75, 3.05) is 32.8 Å². The van der Waals surface area contributed by atoms with Gasteiger partial charge in [-0.3, -0.25) is 4.79 Å². The number of quaternary nitrogens is 1. The summed E-state index contributed by atoms with van der Waals surface area (Å²) in [5, 5.41) is 0. The average molecular weight is 343 g/mol. The maximum atomic E-state index is 13.0. The molecule has 4 nitrogen and oxygen atoms in total. The Kier molecular flexibility index (Phi) is 5.66. The molecule has 1 aliphatic rings. The third kappa shape index (κ3) is 5.03. The summed E-state index contributed by atoms with van der Waals surface area (Å²) >= 11 is 0. The molecule has 1 fully saturated rings. The zero-order valence-electron chi connectivity index (χ0n) is 14.5. The van der Waals surface area contributed by atoms with Gasteiger partial charge in [-0.25, -0.2) is 4.39 Å². The highest BCUT2D eigenvalue weighted by molar-refractivity contribution is 5.77. The third-order valence-corrected chi connectivity index (χ3v) is 4.54. The zero-order valence-corrected chi connectivity index (χ0v) is 14.5. The fraction of sp³-hybridized carbons (Fsp3) is 0.350. The molecular formula is C20H24FN2O2+. The lowest BCUT2D eigenvalue weighted by Gasteiger charge is -2.32. The van der Waals surface area contributed by atoms with E-state index in [0.717, 1.165) is 49.6 Å². The van der Waals surface area contributed by atoms with E-state index in [0.29, 0.717) is 0 Å². The van der Waals surface area contributed by atoms with E-state index in [1.807, 2.05) is 48.2 Å². The molecule has 0 unspecified atom stereocenters. The summed E-state index contributed by atoms with van der Waals surface area (Å²) in [5.41, 5.74) is 2.24. The van der Waals surface area contributed by atoms with Gasteiger partial charge in [0.15, 0.2) is 6.61 Å². The van der Waals surface area contributed by atoms with Gasteiger partial charge in [-0.15, -0.1) is 0 Å². The van der Waals surface area contributed by atoms with E-state index in [2.05, 4.69) is 0 Å². The van der Waals surface area contributed by atoms with Crippen molar-refractivity contribution in [2.45, 2.75) is 13.5 Å². The smallest absolute Gasteiger partial charge is 0.260 e. The van der Waals surface area contributed by atoms with E-state index in [1.54, 1.807) is 0 Å². The Morgan fingerprint density at radius 1 is 1.16 bits per heavy atom. The first-order valence-electron chi connectivity index (χ1n) is 8.65. The summed E-state index contributed by atoms with van der Waals surface area (Å²) in [5.74, 6) is 0.555. The number of ether oxygens (including phenoxy) is 1. The molecule has 132 valence electrons. The number of rotatable bonds is 5. The number of hydrogen-bond donors (Lipinski definition) is 1. The van der Waals surface area contributed by atoms with Gasteiger partial charge < -0.3 is 14.5 Å². The largest absolute Gasteiger partial charge is 0.484 e. The molecule has 3 rings (SSSR count). The molecule has 2 aromatic rings. The van der Waals surface area contributed by atoms with Gasteiger partial charge in [-0.2, -0.15) is 0 Å². The van der Waals surface area contributed by atoms with Crippen LogP contribution in [-0.2, 0) is 11.3 Å². The maximum absolute atomic E-state index is 13.0. The van der Waals surface area contributed by atoms with Crippen LogP contribution in [0.4, 0.5) is 4.39 Å². The van der Waals surface area contributed by atoms with Crippen LogP contribution < -0.4 is 9.64 Å². The van der Waals surface area contributed by atoms with Crippen LogP contribution in [0.5, 0.6) is 5.75 Å². The van der Waals surface area contributed by atoms with E-state index >= 15 is 0 Å². The summed E-state index contributed by atoms with van der Waals surface area (Å²) in [7, 11) is 0. The first-order chi connectivity index (χ1) is 12.1. The lowest BCUT2D eigenvalue weighted by molar-refractivity contribution is -0.917. The van der Waals surface area contributed by atoms with Crippen molar-refractivity contribution in [2.24, 2.45) is 0 Å². The molecule has 0 saturated carbocycles. The van der Waals surface area contributed by atoms with E-state index in [9.17, 15) is 9.18 Å². The topological polar surface area (TPSA) is 34.0 Å². The number of nitrogens with one attached hydrogen (secondary N) is 1. The Bertz CT molecular complexity index is 710. The molecule has 1 aliphatic heterocycles. The van der Waals surface area contributed by atoms with E-state index < -0.39 is 0 Å². The third-order valence-electron chi connectivity index (χ3n) is 4.54. The van der Waals surface area contributed by atoms with Crippen LogP contribution in [-0.4, -0.2) is 43.6 Å². The van der Waals surface area contributed by atoms with Gasteiger partial charge in [-0.05, 0) is 36.8 Å². The molecule has 1 saturated heterocycles. The van der Waals surface area contributed by atoms with Crippen LogP contribution in [0, 0.1) is 12.7 Å². The van der Waals surface area contributed by atoms with Gasteiger partial charge in [0.2, 0.25) is 0 Å². The van der Waals surface area contributed by atoms with Crippen molar-refractivity contribution in [3.05, 3.63) is 65.5 Å². The molecular weight excluding hydrogens is 319 g/mol. The highest BCUT2D eigenvalue weighted by Crippen LogP contribution is 2.12. The van der Waals surface area contributed by atoms with Crippen molar-refractivity contribution < 1.29 is 18.8 Å². The van der Waals surface area contributed by atoms with Crippen LogP contribution in [0.15, 0.2) is 48.5 Å². The number of halogens is 1. The number of carbonyl (C=O) groups is 1. The second kappa shape index (κ2) is 8.12. The van der Waals surface area contributed by atoms with Crippen LogP contribution in [0.2, 0.25) is 0 Å². The standard InChI is InChI=1S/C20H23FN2O2/c1-16-3-2-4-19(13-16)25-15-20(24)23-11-9-22(10-12-23)14-17-5-7-18(21)8-6-17/h2-8,13H,9-12,14-15H2,1H3/p+1. The highest BCUT2D eigenvalue weighted by atomic mass is 19.1. The van der Waals surface area contributed by atoms with Crippen molar-refractivity contribution in [1.82, 2.24) is 4.90 Å². The number of piperazine rings is 1. The lowest BCUT2D eigenvalue weighted by Crippen LogP contribution is -3.13. The summed E-state index contributed by atoms with van der Waals surface area (Å²) < 4.78 is 18.6. The molecule has 2 aromatic carbocycles.